The summed E-state index contributed by atoms with van der Waals surface area (Å²) in [6.07, 6.45) is 5.23. The van der Waals surface area contributed by atoms with Crippen LogP contribution in [-0.4, -0.2) is 60.7 Å². The fraction of sp³-hybridized carbons (Fsp3) is 0.333. The predicted octanol–water partition coefficient (Wildman–Crippen LogP) is 4.24. The zero-order valence-electron chi connectivity index (χ0n) is 23.2. The average Bonchev–Trinajstić information content (AvgIpc) is 3.69. The van der Waals surface area contributed by atoms with Crippen LogP contribution >= 0.6 is 11.6 Å². The first-order valence-electron chi connectivity index (χ1n) is 13.5. The Morgan fingerprint density at radius 3 is 2.68 bits per heavy atom. The second-order valence-corrected chi connectivity index (χ2v) is 13.5. The van der Waals surface area contributed by atoms with Gasteiger partial charge in [-0.15, -0.1) is 0 Å². The Hall–Kier alpha value is -3.60. The third-order valence-corrected chi connectivity index (χ3v) is 9.25. The van der Waals surface area contributed by atoms with Gasteiger partial charge in [-0.25, -0.2) is 18.4 Å². The molecule has 41 heavy (non-hydrogen) atoms. The highest BCUT2D eigenvalue weighted by Crippen LogP contribution is 2.39. The highest BCUT2D eigenvalue weighted by molar-refractivity contribution is 7.90. The molecule has 1 saturated carbocycles. The number of sulfone groups is 1. The Bertz CT molecular complexity index is 1810. The number of aromatic nitrogens is 3. The summed E-state index contributed by atoms with van der Waals surface area (Å²) in [6, 6.07) is 12.0. The van der Waals surface area contributed by atoms with Crippen molar-refractivity contribution >= 4 is 44.1 Å². The molecule has 6 rings (SSSR count). The monoisotopic (exact) mass is 590 g/mol. The van der Waals surface area contributed by atoms with Crippen LogP contribution in [0.15, 0.2) is 53.6 Å². The first kappa shape index (κ1) is 27.6. The summed E-state index contributed by atoms with van der Waals surface area (Å²) in [7, 11) is -3.51. The highest BCUT2D eigenvalue weighted by atomic mass is 35.5. The lowest BCUT2D eigenvalue weighted by atomic mass is 10.0. The molecule has 1 saturated heterocycles. The number of nitrogens with zero attached hydrogens (tertiary/aromatic N) is 4. The van der Waals surface area contributed by atoms with Crippen molar-refractivity contribution < 1.29 is 13.2 Å². The maximum atomic E-state index is 12.8. The van der Waals surface area contributed by atoms with Crippen molar-refractivity contribution in [3.05, 3.63) is 76.1 Å². The molecule has 4 heterocycles. The van der Waals surface area contributed by atoms with Crippen molar-refractivity contribution in [1.82, 2.24) is 25.6 Å². The van der Waals surface area contributed by atoms with Crippen LogP contribution in [0.4, 0.5) is 5.82 Å². The number of rotatable bonds is 6. The molecular formula is C30H31ClN6O3S. The van der Waals surface area contributed by atoms with Crippen LogP contribution in [0.2, 0.25) is 5.02 Å². The Morgan fingerprint density at radius 2 is 1.93 bits per heavy atom. The molecule has 11 heteroatoms. The molecule has 0 bridgehead atoms. The van der Waals surface area contributed by atoms with Gasteiger partial charge < -0.3 is 15.5 Å². The van der Waals surface area contributed by atoms with Gasteiger partial charge in [-0.1, -0.05) is 11.6 Å². The Balaban J connectivity index is 1.25. The van der Waals surface area contributed by atoms with Crippen molar-refractivity contribution in [2.24, 2.45) is 0 Å². The van der Waals surface area contributed by atoms with Gasteiger partial charge in [0.25, 0.3) is 5.91 Å². The van der Waals surface area contributed by atoms with E-state index in [0.717, 1.165) is 59.6 Å². The normalized spacial score (nSPS) is 16.2. The molecule has 1 spiro atoms. The minimum atomic E-state index is -3.51. The molecule has 2 N–H and O–H groups in total. The molecule has 1 aliphatic heterocycles. The van der Waals surface area contributed by atoms with Crippen molar-refractivity contribution in [2.45, 2.75) is 43.7 Å². The maximum Gasteiger partial charge on any atom is 0.251 e. The van der Waals surface area contributed by atoms with Gasteiger partial charge in [-0.2, -0.15) is 0 Å². The standard InChI is InChI=1S/C30H31ClN6O3S/c1-18-10-27(37-9-8-34-30(17-37)6-7-30)36-28(19(18)2)25-5-4-20-15-32-23(14-26(20)35-25)16-33-29(38)21-11-22(31)13-24(12-21)41(3,39)40/h4-5,10-15,34H,6-9,16-17H2,1-3H3,(H,33,38). The lowest BCUT2D eigenvalue weighted by Crippen LogP contribution is -2.52. The van der Waals surface area contributed by atoms with Crippen LogP contribution in [0.3, 0.4) is 0 Å². The summed E-state index contributed by atoms with van der Waals surface area (Å²) in [6.45, 7) is 7.18. The van der Waals surface area contributed by atoms with E-state index in [2.05, 4.69) is 40.4 Å². The van der Waals surface area contributed by atoms with E-state index < -0.39 is 15.7 Å². The van der Waals surface area contributed by atoms with Crippen LogP contribution in [0, 0.1) is 13.8 Å². The van der Waals surface area contributed by atoms with Gasteiger partial charge >= 0.3 is 0 Å². The van der Waals surface area contributed by atoms with E-state index in [1.54, 1.807) is 6.20 Å². The number of benzene rings is 1. The number of hydrogen-bond donors (Lipinski definition) is 2. The van der Waals surface area contributed by atoms with Crippen molar-refractivity contribution in [1.29, 1.82) is 0 Å². The Labute approximate surface area is 244 Å². The first-order chi connectivity index (χ1) is 19.5. The number of pyridine rings is 3. The molecule has 212 valence electrons. The molecule has 4 aromatic rings. The van der Waals surface area contributed by atoms with Gasteiger partial charge in [0.2, 0.25) is 0 Å². The number of carbonyl (C=O) groups excluding carboxylic acids is 1. The second kappa shape index (κ2) is 10.3. The van der Waals surface area contributed by atoms with Crippen molar-refractivity contribution in [2.75, 3.05) is 30.8 Å². The summed E-state index contributed by atoms with van der Waals surface area (Å²) in [5.41, 5.74) is 5.68. The van der Waals surface area contributed by atoms with Gasteiger partial charge in [0.05, 0.1) is 34.0 Å². The maximum absolute atomic E-state index is 12.8. The number of carbonyl (C=O) groups is 1. The third-order valence-electron chi connectivity index (χ3n) is 7.94. The SMILES string of the molecule is Cc1cc(N2CCNC3(CC3)C2)nc(-c2ccc3cnc(CNC(=O)c4cc(Cl)cc(S(C)(=O)=O)c4)cc3n2)c1C. The van der Waals surface area contributed by atoms with Crippen molar-refractivity contribution in [3.8, 4) is 11.4 Å². The molecular weight excluding hydrogens is 560 g/mol. The topological polar surface area (TPSA) is 117 Å². The van der Waals surface area contributed by atoms with E-state index in [4.69, 9.17) is 21.6 Å². The molecule has 2 aliphatic rings. The zero-order chi connectivity index (χ0) is 28.9. The summed E-state index contributed by atoms with van der Waals surface area (Å²) in [4.78, 5) is 29.7. The summed E-state index contributed by atoms with van der Waals surface area (Å²) >= 11 is 6.06. The Kier molecular flexibility index (Phi) is 6.96. The second-order valence-electron chi connectivity index (χ2n) is 11.1. The lowest BCUT2D eigenvalue weighted by molar-refractivity contribution is 0.0950. The average molecular weight is 591 g/mol. The van der Waals surface area contributed by atoms with Crippen LogP contribution in [0.25, 0.3) is 22.3 Å². The molecule has 1 amide bonds. The number of amides is 1. The number of aryl methyl sites for hydroxylation is 1. The zero-order valence-corrected chi connectivity index (χ0v) is 24.7. The van der Waals surface area contributed by atoms with Crippen molar-refractivity contribution in [3.63, 3.8) is 0 Å². The van der Waals surface area contributed by atoms with Gasteiger partial charge in [0, 0.05) is 53.6 Å². The quantitative estimate of drug-likeness (QED) is 0.342. The fourth-order valence-corrected chi connectivity index (χ4v) is 6.22. The number of halogens is 1. The van der Waals surface area contributed by atoms with Gasteiger partial charge in [0.15, 0.2) is 9.84 Å². The molecule has 1 aliphatic carbocycles. The molecule has 0 atom stereocenters. The fourth-order valence-electron chi connectivity index (χ4n) is 5.24. The molecule has 0 unspecified atom stereocenters. The lowest BCUT2D eigenvalue weighted by Gasteiger charge is -2.35. The van der Waals surface area contributed by atoms with Crippen LogP contribution in [-0.2, 0) is 16.4 Å². The first-order valence-corrected chi connectivity index (χ1v) is 15.8. The number of nitrogens with one attached hydrogen (secondary N) is 2. The van der Waals surface area contributed by atoms with E-state index >= 15 is 0 Å². The van der Waals surface area contributed by atoms with E-state index in [1.165, 1.54) is 36.6 Å². The van der Waals surface area contributed by atoms with Gasteiger partial charge in [-0.05, 0) is 80.3 Å². The van der Waals surface area contributed by atoms with E-state index in [0.29, 0.717) is 5.69 Å². The predicted molar refractivity (Wildman–Crippen MR) is 160 cm³/mol. The van der Waals surface area contributed by atoms with Gasteiger partial charge in [-0.3, -0.25) is 9.78 Å². The highest BCUT2D eigenvalue weighted by Gasteiger charge is 2.45. The summed E-state index contributed by atoms with van der Waals surface area (Å²) in [5.74, 6) is 0.532. The Morgan fingerprint density at radius 1 is 1.12 bits per heavy atom. The molecule has 2 fully saturated rings. The number of fused-ring (bicyclic) bond motifs is 1. The molecule has 1 aromatic carbocycles. The molecule has 3 aromatic heterocycles. The third kappa shape index (κ3) is 5.77. The van der Waals surface area contributed by atoms with E-state index in [9.17, 15) is 13.2 Å². The van der Waals surface area contributed by atoms with E-state index in [1.807, 2.05) is 18.2 Å². The summed E-state index contributed by atoms with van der Waals surface area (Å²) < 4.78 is 23.9. The smallest absolute Gasteiger partial charge is 0.251 e. The largest absolute Gasteiger partial charge is 0.353 e. The number of hydrogen-bond acceptors (Lipinski definition) is 8. The minimum Gasteiger partial charge on any atom is -0.353 e. The van der Waals surface area contributed by atoms with Crippen LogP contribution < -0.4 is 15.5 Å². The number of anilines is 1. The molecule has 9 nitrogen and oxygen atoms in total. The van der Waals surface area contributed by atoms with Crippen LogP contribution in [0.5, 0.6) is 0 Å². The van der Waals surface area contributed by atoms with Gasteiger partial charge in [0.1, 0.15) is 5.82 Å². The number of piperazine rings is 1. The summed E-state index contributed by atoms with van der Waals surface area (Å²) in [5, 5.41) is 7.51. The molecule has 0 radical (unpaired) electrons. The minimum absolute atomic E-state index is 0.0112. The van der Waals surface area contributed by atoms with Crippen LogP contribution in [0.1, 0.15) is 40.0 Å². The van der Waals surface area contributed by atoms with E-state index in [-0.39, 0.29) is 27.6 Å².